The van der Waals surface area contributed by atoms with Crippen LogP contribution in [0.5, 0.6) is 0 Å². The van der Waals surface area contributed by atoms with E-state index in [9.17, 15) is 14.4 Å². The highest BCUT2D eigenvalue weighted by atomic mass is 16.5. The van der Waals surface area contributed by atoms with Crippen LogP contribution in [0.3, 0.4) is 0 Å². The van der Waals surface area contributed by atoms with Gasteiger partial charge in [0.2, 0.25) is 5.91 Å². The summed E-state index contributed by atoms with van der Waals surface area (Å²) in [4.78, 5) is 40.6. The highest BCUT2D eigenvalue weighted by Crippen LogP contribution is 2.23. The van der Waals surface area contributed by atoms with E-state index in [0.717, 1.165) is 16.8 Å². The monoisotopic (exact) mass is 480 g/mol. The Morgan fingerprint density at radius 3 is 2.37 bits per heavy atom. The molecule has 0 spiro atoms. The molecule has 1 unspecified atom stereocenters. The fourth-order valence-corrected chi connectivity index (χ4v) is 4.26. The lowest BCUT2D eigenvalue weighted by Gasteiger charge is -2.35. The number of piperidine rings is 1. The van der Waals surface area contributed by atoms with Crippen LogP contribution in [0.4, 0.5) is 10.5 Å². The molecule has 3 N–H and O–H groups in total. The number of aryl methyl sites for hydroxylation is 2. The van der Waals surface area contributed by atoms with E-state index in [4.69, 9.17) is 4.74 Å². The van der Waals surface area contributed by atoms with Crippen molar-refractivity contribution in [3.05, 3.63) is 65.2 Å². The van der Waals surface area contributed by atoms with Crippen LogP contribution in [0.15, 0.2) is 48.5 Å². The van der Waals surface area contributed by atoms with E-state index in [1.165, 1.54) is 0 Å². The van der Waals surface area contributed by atoms with Crippen molar-refractivity contribution in [2.45, 2.75) is 39.2 Å². The second-order valence-electron chi connectivity index (χ2n) is 9.02. The van der Waals surface area contributed by atoms with Gasteiger partial charge in [-0.25, -0.2) is 4.79 Å². The van der Waals surface area contributed by atoms with Crippen LogP contribution < -0.4 is 16.0 Å². The van der Waals surface area contributed by atoms with Gasteiger partial charge in [-0.15, -0.1) is 0 Å². The number of anilines is 1. The molecule has 4 amide bonds. The zero-order valence-corrected chi connectivity index (χ0v) is 20.8. The van der Waals surface area contributed by atoms with Gasteiger partial charge >= 0.3 is 6.03 Å². The van der Waals surface area contributed by atoms with Gasteiger partial charge in [0.25, 0.3) is 5.91 Å². The molecule has 1 saturated heterocycles. The topological polar surface area (TPSA) is 99.8 Å². The molecule has 3 rings (SSSR count). The molecular weight excluding hydrogens is 444 g/mol. The average Bonchev–Trinajstić information content (AvgIpc) is 2.86. The van der Waals surface area contributed by atoms with Gasteiger partial charge < -0.3 is 25.6 Å². The maximum atomic E-state index is 13.1. The first-order chi connectivity index (χ1) is 16.9. The highest BCUT2D eigenvalue weighted by molar-refractivity contribution is 5.98. The van der Waals surface area contributed by atoms with Crippen LogP contribution in [-0.2, 0) is 9.53 Å². The summed E-state index contributed by atoms with van der Waals surface area (Å²) in [5, 5.41) is 8.83. The largest absolute Gasteiger partial charge is 0.385 e. The van der Waals surface area contributed by atoms with Gasteiger partial charge in [-0.05, 0) is 62.8 Å². The number of hydrogen-bond donors (Lipinski definition) is 3. The van der Waals surface area contributed by atoms with Crippen LogP contribution >= 0.6 is 0 Å². The molecule has 1 fully saturated rings. The molecule has 1 heterocycles. The number of amides is 4. The third kappa shape index (κ3) is 7.55. The molecule has 0 aliphatic carbocycles. The summed E-state index contributed by atoms with van der Waals surface area (Å²) >= 11 is 0. The molecule has 0 radical (unpaired) electrons. The smallest absolute Gasteiger partial charge is 0.321 e. The number of likely N-dealkylation sites (tertiary alicyclic amines) is 1. The average molecular weight is 481 g/mol. The maximum Gasteiger partial charge on any atom is 0.321 e. The van der Waals surface area contributed by atoms with Crippen molar-refractivity contribution in [2.24, 2.45) is 5.92 Å². The van der Waals surface area contributed by atoms with Crippen LogP contribution in [0.25, 0.3) is 0 Å². The lowest BCUT2D eigenvalue weighted by molar-refractivity contribution is -0.124. The Morgan fingerprint density at radius 1 is 1.03 bits per heavy atom. The SMILES string of the molecule is COCCCNC(=O)C(NC(=O)c1ccccc1C)C1CCN(C(=O)Nc2ccc(C)cc2)CC1. The number of hydrogen-bond acceptors (Lipinski definition) is 4. The molecule has 1 atom stereocenters. The summed E-state index contributed by atoms with van der Waals surface area (Å²) in [6.45, 7) is 5.92. The third-order valence-corrected chi connectivity index (χ3v) is 6.38. The number of ether oxygens (including phenoxy) is 1. The Bertz CT molecular complexity index is 1000. The molecule has 35 heavy (non-hydrogen) atoms. The van der Waals surface area contributed by atoms with E-state index >= 15 is 0 Å². The summed E-state index contributed by atoms with van der Waals surface area (Å²) < 4.78 is 5.05. The molecule has 1 aliphatic heterocycles. The van der Waals surface area contributed by atoms with Gasteiger partial charge in [0, 0.05) is 44.6 Å². The normalized spacial score (nSPS) is 14.8. The Labute approximate surface area is 207 Å². The lowest BCUT2D eigenvalue weighted by Crippen LogP contribution is -2.54. The van der Waals surface area contributed by atoms with Gasteiger partial charge in [0.1, 0.15) is 6.04 Å². The number of methoxy groups -OCH3 is 1. The second-order valence-corrected chi connectivity index (χ2v) is 9.02. The van der Waals surface area contributed by atoms with E-state index in [1.54, 1.807) is 18.1 Å². The number of rotatable bonds is 9. The minimum atomic E-state index is -0.674. The van der Waals surface area contributed by atoms with Crippen LogP contribution in [0.2, 0.25) is 0 Å². The Morgan fingerprint density at radius 2 is 1.71 bits per heavy atom. The van der Waals surface area contributed by atoms with Crippen LogP contribution in [-0.4, -0.2) is 62.1 Å². The number of benzene rings is 2. The highest BCUT2D eigenvalue weighted by Gasteiger charge is 2.34. The summed E-state index contributed by atoms with van der Waals surface area (Å²) in [5.74, 6) is -0.543. The summed E-state index contributed by atoms with van der Waals surface area (Å²) in [5.41, 5.74) is 3.29. The minimum absolute atomic E-state index is 0.0752. The Kier molecular flexibility index (Phi) is 9.66. The van der Waals surface area contributed by atoms with Crippen molar-refractivity contribution in [2.75, 3.05) is 38.7 Å². The predicted molar refractivity (Wildman–Crippen MR) is 136 cm³/mol. The van der Waals surface area contributed by atoms with Crippen molar-refractivity contribution < 1.29 is 19.1 Å². The number of urea groups is 1. The van der Waals surface area contributed by atoms with Crippen molar-refractivity contribution in [1.82, 2.24) is 15.5 Å². The van der Waals surface area contributed by atoms with Crippen molar-refractivity contribution in [3.63, 3.8) is 0 Å². The van der Waals surface area contributed by atoms with Crippen molar-refractivity contribution >= 4 is 23.5 Å². The van der Waals surface area contributed by atoms with Gasteiger partial charge in [-0.2, -0.15) is 0 Å². The molecule has 1 aliphatic rings. The first kappa shape index (κ1) is 26.2. The summed E-state index contributed by atoms with van der Waals surface area (Å²) in [7, 11) is 1.62. The molecule has 188 valence electrons. The van der Waals surface area contributed by atoms with E-state index < -0.39 is 6.04 Å². The zero-order valence-electron chi connectivity index (χ0n) is 20.8. The van der Waals surface area contributed by atoms with Crippen molar-refractivity contribution in [3.8, 4) is 0 Å². The second kappa shape index (κ2) is 12.9. The number of nitrogens with one attached hydrogen (secondary N) is 3. The molecule has 8 nitrogen and oxygen atoms in total. The molecule has 2 aromatic carbocycles. The van der Waals surface area contributed by atoms with Gasteiger partial charge in [0.15, 0.2) is 0 Å². The number of nitrogens with zero attached hydrogens (tertiary/aromatic N) is 1. The van der Waals surface area contributed by atoms with Gasteiger partial charge in [0.05, 0.1) is 0 Å². The van der Waals surface area contributed by atoms with E-state index in [1.807, 2.05) is 56.3 Å². The first-order valence-electron chi connectivity index (χ1n) is 12.1. The maximum absolute atomic E-state index is 13.1. The van der Waals surface area contributed by atoms with E-state index in [0.29, 0.717) is 51.1 Å². The predicted octanol–water partition coefficient (Wildman–Crippen LogP) is 3.50. The summed E-state index contributed by atoms with van der Waals surface area (Å²) in [6.07, 6.45) is 1.93. The molecular formula is C27H36N4O4. The first-order valence-corrected chi connectivity index (χ1v) is 12.1. The molecule has 0 saturated carbocycles. The number of carbonyl (C=O) groups excluding carboxylic acids is 3. The Hall–Kier alpha value is -3.39. The zero-order chi connectivity index (χ0) is 25.2. The van der Waals surface area contributed by atoms with Crippen molar-refractivity contribution in [1.29, 1.82) is 0 Å². The molecule has 0 bridgehead atoms. The van der Waals surface area contributed by atoms with E-state index in [-0.39, 0.29) is 23.8 Å². The third-order valence-electron chi connectivity index (χ3n) is 6.38. The minimum Gasteiger partial charge on any atom is -0.385 e. The van der Waals surface area contributed by atoms with Crippen LogP contribution in [0, 0.1) is 19.8 Å². The van der Waals surface area contributed by atoms with Gasteiger partial charge in [-0.1, -0.05) is 35.9 Å². The molecule has 0 aromatic heterocycles. The Balaban J connectivity index is 1.63. The summed E-state index contributed by atoms with van der Waals surface area (Å²) in [6, 6.07) is 14.2. The molecule has 8 heteroatoms. The lowest BCUT2D eigenvalue weighted by atomic mass is 9.88. The van der Waals surface area contributed by atoms with Gasteiger partial charge in [-0.3, -0.25) is 9.59 Å². The van der Waals surface area contributed by atoms with Crippen LogP contribution in [0.1, 0.15) is 40.7 Å². The molecule has 2 aromatic rings. The van der Waals surface area contributed by atoms with E-state index in [2.05, 4.69) is 16.0 Å². The fraction of sp³-hybridized carbons (Fsp3) is 0.444. The quantitative estimate of drug-likeness (QED) is 0.478. The fourth-order valence-electron chi connectivity index (χ4n) is 4.26. The number of carbonyl (C=O) groups is 3. The standard InChI is InChI=1S/C27H36N4O4/c1-19-9-11-22(12-10-19)29-27(34)31-16-13-21(14-17-31)24(26(33)28-15-6-18-35-3)30-25(32)23-8-5-4-7-20(23)2/h4-5,7-12,21,24H,6,13-18H2,1-3H3,(H,28,33)(H,29,34)(H,30,32).